The van der Waals surface area contributed by atoms with Gasteiger partial charge < -0.3 is 14.7 Å². The van der Waals surface area contributed by atoms with Crippen LogP contribution in [0.3, 0.4) is 0 Å². The van der Waals surface area contributed by atoms with Gasteiger partial charge in [-0.25, -0.2) is 0 Å². The van der Waals surface area contributed by atoms with Crippen molar-refractivity contribution >= 4 is 11.9 Å². The molecule has 0 atom stereocenters. The lowest BCUT2D eigenvalue weighted by Crippen LogP contribution is -2.39. The van der Waals surface area contributed by atoms with Gasteiger partial charge in [0.05, 0.1) is 13.0 Å². The predicted octanol–water partition coefficient (Wildman–Crippen LogP) is 3.47. The number of carbonyl (C=O) groups is 2. The summed E-state index contributed by atoms with van der Waals surface area (Å²) in [5.74, 6) is 0.389. The lowest BCUT2D eigenvalue weighted by Gasteiger charge is -2.32. The minimum atomic E-state index is -0.922. The number of aliphatic carboxylic acids is 1. The van der Waals surface area contributed by atoms with Gasteiger partial charge in [0, 0.05) is 19.5 Å². The fourth-order valence-corrected chi connectivity index (χ4v) is 3.14. The number of carbonyl (C=O) groups excluding carboxylic acids is 1. The van der Waals surface area contributed by atoms with Crippen molar-refractivity contribution in [3.05, 3.63) is 29.8 Å². The molecule has 0 aromatic heterocycles. The summed E-state index contributed by atoms with van der Waals surface area (Å²) in [6.07, 6.45) is 1.80. The molecule has 0 bridgehead atoms. The zero-order valence-electron chi connectivity index (χ0n) is 15.5. The highest BCUT2D eigenvalue weighted by molar-refractivity contribution is 5.80. The van der Waals surface area contributed by atoms with Crippen molar-refractivity contribution in [3.63, 3.8) is 0 Å². The van der Waals surface area contributed by atoms with Crippen molar-refractivity contribution in [3.8, 4) is 5.75 Å². The van der Waals surface area contributed by atoms with Crippen LogP contribution in [0.15, 0.2) is 24.3 Å². The van der Waals surface area contributed by atoms with Gasteiger partial charge in [-0.15, -0.1) is 0 Å². The number of hydrogen-bond donors (Lipinski definition) is 1. The summed E-state index contributed by atoms with van der Waals surface area (Å²) in [5, 5.41) is 8.67. The fourth-order valence-electron chi connectivity index (χ4n) is 3.14. The first-order valence-electron chi connectivity index (χ1n) is 8.99. The first kappa shape index (κ1) is 19.3. The molecule has 1 aliphatic heterocycles. The molecule has 25 heavy (non-hydrogen) atoms. The zero-order chi connectivity index (χ0) is 18.4. The van der Waals surface area contributed by atoms with E-state index < -0.39 is 5.97 Å². The molecule has 2 rings (SSSR count). The van der Waals surface area contributed by atoms with E-state index in [1.807, 2.05) is 18.2 Å². The summed E-state index contributed by atoms with van der Waals surface area (Å²) in [7, 11) is 0. The lowest BCUT2D eigenvalue weighted by molar-refractivity contribution is -0.141. The van der Waals surface area contributed by atoms with E-state index in [2.05, 4.69) is 26.8 Å². The Labute approximate surface area is 150 Å². The number of rotatable bonds is 6. The van der Waals surface area contributed by atoms with Crippen molar-refractivity contribution in [2.24, 2.45) is 5.92 Å². The Morgan fingerprint density at radius 3 is 2.40 bits per heavy atom. The van der Waals surface area contributed by atoms with Crippen LogP contribution in [0.4, 0.5) is 0 Å². The first-order valence-corrected chi connectivity index (χ1v) is 8.99. The molecule has 1 aromatic carbocycles. The average Bonchev–Trinajstić information content (AvgIpc) is 2.57. The lowest BCUT2D eigenvalue weighted by atomic mass is 9.86. The Morgan fingerprint density at radius 2 is 1.80 bits per heavy atom. The molecule has 5 heteroatoms. The smallest absolute Gasteiger partial charge is 0.303 e. The van der Waals surface area contributed by atoms with Gasteiger partial charge in [-0.05, 0) is 35.8 Å². The van der Waals surface area contributed by atoms with Gasteiger partial charge in [-0.1, -0.05) is 39.0 Å². The number of para-hydroxylation sites is 1. The Balaban J connectivity index is 1.82. The Kier molecular flexibility index (Phi) is 6.45. The predicted molar refractivity (Wildman–Crippen MR) is 96.8 cm³/mol. The van der Waals surface area contributed by atoms with Crippen LogP contribution in [-0.2, 0) is 15.0 Å². The fraction of sp³-hybridized carbons (Fsp3) is 0.600. The number of likely N-dealkylation sites (tertiary alicyclic amines) is 1. The number of benzene rings is 1. The first-order chi connectivity index (χ1) is 11.8. The van der Waals surface area contributed by atoms with Crippen molar-refractivity contribution < 1.29 is 19.4 Å². The summed E-state index contributed by atoms with van der Waals surface area (Å²) in [4.78, 5) is 24.3. The molecule has 1 heterocycles. The molecule has 1 amide bonds. The third kappa shape index (κ3) is 5.76. The molecule has 5 nitrogen and oxygen atoms in total. The quantitative estimate of drug-likeness (QED) is 0.856. The topological polar surface area (TPSA) is 66.8 Å². The van der Waals surface area contributed by atoms with E-state index in [1.54, 1.807) is 4.90 Å². The number of carboxylic acids is 1. The molecule has 1 N–H and O–H groups in total. The maximum Gasteiger partial charge on any atom is 0.303 e. The van der Waals surface area contributed by atoms with Crippen LogP contribution in [-0.4, -0.2) is 41.6 Å². The molecule has 0 saturated carbocycles. The third-order valence-electron chi connectivity index (χ3n) is 4.69. The normalized spacial score (nSPS) is 15.9. The number of piperidine rings is 1. The van der Waals surface area contributed by atoms with Crippen LogP contribution < -0.4 is 4.74 Å². The number of ether oxygens (including phenoxy) is 1. The van der Waals surface area contributed by atoms with E-state index >= 15 is 0 Å². The Morgan fingerprint density at radius 1 is 1.16 bits per heavy atom. The summed E-state index contributed by atoms with van der Waals surface area (Å²) in [6.45, 7) is 8.56. The van der Waals surface area contributed by atoms with Crippen molar-refractivity contribution in [2.75, 3.05) is 19.7 Å². The second kappa shape index (κ2) is 8.37. The highest BCUT2D eigenvalue weighted by Gasteiger charge is 2.24. The van der Waals surface area contributed by atoms with Crippen LogP contribution in [0, 0.1) is 5.92 Å². The van der Waals surface area contributed by atoms with Gasteiger partial charge in [0.15, 0.2) is 0 Å². The molecular weight excluding hydrogens is 318 g/mol. The largest absolute Gasteiger partial charge is 0.493 e. The maximum absolute atomic E-state index is 12.0. The zero-order valence-corrected chi connectivity index (χ0v) is 15.5. The molecular formula is C20H29NO4. The summed E-state index contributed by atoms with van der Waals surface area (Å²) >= 11 is 0. The summed E-state index contributed by atoms with van der Waals surface area (Å²) in [6, 6.07) is 8.16. The summed E-state index contributed by atoms with van der Waals surface area (Å²) in [5.41, 5.74) is 1.24. The van der Waals surface area contributed by atoms with Crippen LogP contribution in [0.1, 0.15) is 52.0 Å². The monoisotopic (exact) mass is 347 g/mol. The van der Waals surface area contributed by atoms with Crippen molar-refractivity contribution in [1.29, 1.82) is 0 Å². The average molecular weight is 347 g/mol. The minimum Gasteiger partial charge on any atom is -0.493 e. The van der Waals surface area contributed by atoms with Crippen LogP contribution >= 0.6 is 0 Å². The van der Waals surface area contributed by atoms with Crippen molar-refractivity contribution in [2.45, 2.75) is 51.9 Å². The van der Waals surface area contributed by atoms with E-state index in [0.717, 1.165) is 18.6 Å². The molecule has 0 aliphatic carbocycles. The second-order valence-corrected chi connectivity index (χ2v) is 7.78. The second-order valence-electron chi connectivity index (χ2n) is 7.78. The Hall–Kier alpha value is -2.04. The number of amides is 1. The molecule has 0 spiro atoms. The number of carboxylic acid groups (broad SMARTS) is 1. The molecule has 1 fully saturated rings. The van der Waals surface area contributed by atoms with Gasteiger partial charge in [-0.2, -0.15) is 0 Å². The van der Waals surface area contributed by atoms with Crippen LogP contribution in [0.2, 0.25) is 0 Å². The molecule has 1 aliphatic rings. The molecule has 138 valence electrons. The summed E-state index contributed by atoms with van der Waals surface area (Å²) < 4.78 is 6.10. The van der Waals surface area contributed by atoms with E-state index in [1.165, 1.54) is 5.56 Å². The number of nitrogens with zero attached hydrogens (tertiary/aromatic N) is 1. The van der Waals surface area contributed by atoms with Gasteiger partial charge >= 0.3 is 5.97 Å². The Bertz CT molecular complexity index is 598. The molecule has 0 unspecified atom stereocenters. The van der Waals surface area contributed by atoms with Crippen molar-refractivity contribution in [1.82, 2.24) is 4.90 Å². The SMILES string of the molecule is CC(C)(C)c1ccccc1OCC1CCN(C(=O)CCC(=O)O)CC1. The van der Waals surface area contributed by atoms with Crippen LogP contribution in [0.25, 0.3) is 0 Å². The highest BCUT2D eigenvalue weighted by Crippen LogP contribution is 2.31. The maximum atomic E-state index is 12.0. The third-order valence-corrected chi connectivity index (χ3v) is 4.69. The van der Waals surface area contributed by atoms with Gasteiger partial charge in [0.25, 0.3) is 0 Å². The van der Waals surface area contributed by atoms with Gasteiger partial charge in [0.2, 0.25) is 5.91 Å². The molecule has 0 radical (unpaired) electrons. The van der Waals surface area contributed by atoms with Gasteiger partial charge in [-0.3, -0.25) is 9.59 Å². The molecule has 1 saturated heterocycles. The van der Waals surface area contributed by atoms with Gasteiger partial charge in [0.1, 0.15) is 5.75 Å². The van der Waals surface area contributed by atoms with Crippen LogP contribution in [0.5, 0.6) is 5.75 Å². The van der Waals surface area contributed by atoms with E-state index in [4.69, 9.17) is 9.84 Å². The standard InChI is InChI=1S/C20H29NO4/c1-20(2,3)16-6-4-5-7-17(16)25-14-15-10-12-21(13-11-15)18(22)8-9-19(23)24/h4-7,15H,8-14H2,1-3H3,(H,23,24). The minimum absolute atomic E-state index is 0.0382. The number of hydrogen-bond acceptors (Lipinski definition) is 3. The molecule has 1 aromatic rings. The van der Waals surface area contributed by atoms with E-state index in [9.17, 15) is 9.59 Å². The van der Waals surface area contributed by atoms with E-state index in [0.29, 0.717) is 25.6 Å². The highest BCUT2D eigenvalue weighted by atomic mass is 16.5. The van der Waals surface area contributed by atoms with E-state index in [-0.39, 0.29) is 24.2 Å².